The van der Waals surface area contributed by atoms with Crippen LogP contribution in [0.3, 0.4) is 0 Å². The summed E-state index contributed by atoms with van der Waals surface area (Å²) in [6.45, 7) is 0. The average Bonchev–Trinajstić information content (AvgIpc) is 3.22. The Labute approximate surface area is 303 Å². The summed E-state index contributed by atoms with van der Waals surface area (Å²) in [7, 11) is 0. The van der Waals surface area contributed by atoms with E-state index in [4.69, 9.17) is 0 Å². The van der Waals surface area contributed by atoms with Crippen LogP contribution in [0, 0.1) is 0 Å². The summed E-state index contributed by atoms with van der Waals surface area (Å²) in [6, 6.07) is 75.6. The highest BCUT2D eigenvalue weighted by atomic mass is 14.2. The quantitative estimate of drug-likeness (QED) is 0.161. The molecule has 0 aliphatic carbocycles. The molecule has 0 saturated heterocycles. The maximum absolute atomic E-state index is 2.39. The first kappa shape index (κ1) is 30.1. The third-order valence-electron chi connectivity index (χ3n) is 10.6. The van der Waals surface area contributed by atoms with Crippen LogP contribution in [0.1, 0.15) is 0 Å². The highest BCUT2D eigenvalue weighted by Gasteiger charge is 2.18. The fourth-order valence-electron chi connectivity index (χ4n) is 8.25. The molecule has 0 heteroatoms. The van der Waals surface area contributed by atoms with Gasteiger partial charge in [-0.25, -0.2) is 0 Å². The molecule has 0 radical (unpaired) electrons. The summed E-state index contributed by atoms with van der Waals surface area (Å²) in [5.74, 6) is 0. The molecule has 0 atom stereocenters. The minimum absolute atomic E-state index is 1.21. The molecule has 10 rings (SSSR count). The summed E-state index contributed by atoms with van der Waals surface area (Å²) in [4.78, 5) is 0. The second-order valence-corrected chi connectivity index (χ2v) is 13.6. The molecule has 0 heterocycles. The van der Waals surface area contributed by atoms with E-state index in [1.54, 1.807) is 0 Å². The van der Waals surface area contributed by atoms with Gasteiger partial charge in [0.25, 0.3) is 0 Å². The summed E-state index contributed by atoms with van der Waals surface area (Å²) in [5, 5.41) is 10.0. The van der Waals surface area contributed by atoms with Crippen molar-refractivity contribution in [1.29, 1.82) is 0 Å². The van der Waals surface area contributed by atoms with Crippen LogP contribution < -0.4 is 0 Å². The Balaban J connectivity index is 1.19. The van der Waals surface area contributed by atoms with E-state index in [0.29, 0.717) is 0 Å². The second-order valence-electron chi connectivity index (χ2n) is 13.6. The van der Waals surface area contributed by atoms with E-state index in [1.165, 1.54) is 98.7 Å². The molecule has 242 valence electrons. The smallest absolute Gasteiger partial charge is 0.00262 e. The van der Waals surface area contributed by atoms with Crippen LogP contribution in [0.2, 0.25) is 0 Å². The molecule has 0 N–H and O–H groups in total. The van der Waals surface area contributed by atoms with E-state index >= 15 is 0 Å². The highest BCUT2D eigenvalue weighted by Crippen LogP contribution is 2.46. The van der Waals surface area contributed by atoms with Crippen molar-refractivity contribution in [2.45, 2.75) is 0 Å². The Kier molecular flexibility index (Phi) is 7.25. The maximum atomic E-state index is 2.39. The SMILES string of the molecule is c1ccc(-c2cc3ccccc3cc2-c2cccc(-c3c4ccccc4c(-c4cccc(-c5cccc6ccccc56)c4)c4ccccc34)c2)cc1. The molecular formula is C52H34. The fraction of sp³-hybridized carbons (Fsp3) is 0. The lowest BCUT2D eigenvalue weighted by Gasteiger charge is -2.19. The minimum Gasteiger partial charge on any atom is -0.0622 e. The largest absolute Gasteiger partial charge is 0.0622 e. The zero-order valence-corrected chi connectivity index (χ0v) is 28.6. The van der Waals surface area contributed by atoms with Crippen LogP contribution >= 0.6 is 0 Å². The molecule has 0 nitrogen and oxygen atoms in total. The van der Waals surface area contributed by atoms with Crippen LogP contribution in [-0.2, 0) is 0 Å². The van der Waals surface area contributed by atoms with E-state index in [1.807, 2.05) is 0 Å². The van der Waals surface area contributed by atoms with Crippen molar-refractivity contribution in [2.75, 3.05) is 0 Å². The van der Waals surface area contributed by atoms with Gasteiger partial charge in [-0.05, 0) is 123 Å². The zero-order chi connectivity index (χ0) is 34.4. The molecular weight excluding hydrogens is 625 g/mol. The van der Waals surface area contributed by atoms with Crippen molar-refractivity contribution in [3.63, 3.8) is 0 Å². The Morgan fingerprint density at radius 1 is 0.192 bits per heavy atom. The Hall–Kier alpha value is -6.76. The van der Waals surface area contributed by atoms with Crippen molar-refractivity contribution >= 4 is 43.1 Å². The molecule has 0 aromatic heterocycles. The van der Waals surface area contributed by atoms with Gasteiger partial charge in [0.15, 0.2) is 0 Å². The Bertz CT molecular complexity index is 2890. The molecule has 0 fully saturated rings. The van der Waals surface area contributed by atoms with E-state index in [-0.39, 0.29) is 0 Å². The van der Waals surface area contributed by atoms with Gasteiger partial charge < -0.3 is 0 Å². The monoisotopic (exact) mass is 658 g/mol. The lowest BCUT2D eigenvalue weighted by Crippen LogP contribution is -1.92. The number of rotatable bonds is 5. The van der Waals surface area contributed by atoms with E-state index in [2.05, 4.69) is 206 Å². The lowest BCUT2D eigenvalue weighted by atomic mass is 9.84. The van der Waals surface area contributed by atoms with Gasteiger partial charge in [-0.3, -0.25) is 0 Å². The van der Waals surface area contributed by atoms with Gasteiger partial charge in [0.1, 0.15) is 0 Å². The Morgan fingerprint density at radius 3 is 1.12 bits per heavy atom. The van der Waals surface area contributed by atoms with Crippen molar-refractivity contribution in [2.24, 2.45) is 0 Å². The average molecular weight is 659 g/mol. The number of fused-ring (bicyclic) bond motifs is 4. The third kappa shape index (κ3) is 5.08. The number of benzene rings is 10. The van der Waals surface area contributed by atoms with Crippen LogP contribution in [0.25, 0.3) is 98.7 Å². The van der Waals surface area contributed by atoms with Crippen LogP contribution in [0.4, 0.5) is 0 Å². The fourth-order valence-corrected chi connectivity index (χ4v) is 8.25. The van der Waals surface area contributed by atoms with Gasteiger partial charge >= 0.3 is 0 Å². The predicted octanol–water partition coefficient (Wildman–Crippen LogP) is 14.6. The van der Waals surface area contributed by atoms with E-state index < -0.39 is 0 Å². The molecule has 0 aliphatic rings. The van der Waals surface area contributed by atoms with Crippen molar-refractivity contribution in [3.05, 3.63) is 206 Å². The standard InChI is InChI=1S/C52H34/c1-2-15-36(16-3-1)49-33-37-18-4-5-19-38(37)34-50(49)40-22-13-24-42(32-40)52-47-28-10-8-26-45(47)51(46-27-9-11-29-48(46)52)41-23-12-21-39(31-41)44-30-14-20-35-17-6-7-25-43(35)44/h1-34H. The van der Waals surface area contributed by atoms with Crippen LogP contribution in [0.15, 0.2) is 206 Å². The first-order chi connectivity index (χ1) is 25.8. The van der Waals surface area contributed by atoms with Crippen molar-refractivity contribution < 1.29 is 0 Å². The van der Waals surface area contributed by atoms with Gasteiger partial charge in [0, 0.05) is 0 Å². The molecule has 0 unspecified atom stereocenters. The summed E-state index contributed by atoms with van der Waals surface area (Å²) < 4.78 is 0. The number of hydrogen-bond acceptors (Lipinski definition) is 0. The molecule has 10 aromatic carbocycles. The van der Waals surface area contributed by atoms with Gasteiger partial charge in [-0.2, -0.15) is 0 Å². The minimum atomic E-state index is 1.21. The summed E-state index contributed by atoms with van der Waals surface area (Å²) >= 11 is 0. The molecule has 0 aliphatic heterocycles. The Morgan fingerprint density at radius 2 is 0.558 bits per heavy atom. The van der Waals surface area contributed by atoms with E-state index in [9.17, 15) is 0 Å². The topological polar surface area (TPSA) is 0 Å². The lowest BCUT2D eigenvalue weighted by molar-refractivity contribution is 1.60. The number of hydrogen-bond donors (Lipinski definition) is 0. The third-order valence-corrected chi connectivity index (χ3v) is 10.6. The second kappa shape index (κ2) is 12.5. The maximum Gasteiger partial charge on any atom is -0.00262 e. The zero-order valence-electron chi connectivity index (χ0n) is 28.6. The normalized spacial score (nSPS) is 11.5. The van der Waals surface area contributed by atoms with Crippen molar-refractivity contribution in [1.82, 2.24) is 0 Å². The highest BCUT2D eigenvalue weighted by molar-refractivity contribution is 6.21. The van der Waals surface area contributed by atoms with Crippen LogP contribution in [-0.4, -0.2) is 0 Å². The molecule has 0 amide bonds. The van der Waals surface area contributed by atoms with Crippen molar-refractivity contribution in [3.8, 4) is 55.6 Å². The first-order valence-electron chi connectivity index (χ1n) is 18.0. The molecule has 52 heavy (non-hydrogen) atoms. The van der Waals surface area contributed by atoms with E-state index in [0.717, 1.165) is 0 Å². The first-order valence-corrected chi connectivity index (χ1v) is 18.0. The van der Waals surface area contributed by atoms with Gasteiger partial charge in [0.2, 0.25) is 0 Å². The van der Waals surface area contributed by atoms with Crippen LogP contribution in [0.5, 0.6) is 0 Å². The molecule has 0 saturated carbocycles. The van der Waals surface area contributed by atoms with Gasteiger partial charge in [-0.15, -0.1) is 0 Å². The summed E-state index contributed by atoms with van der Waals surface area (Å²) in [5.41, 5.74) is 12.4. The molecule has 0 spiro atoms. The van der Waals surface area contributed by atoms with Gasteiger partial charge in [0.05, 0.1) is 0 Å². The predicted molar refractivity (Wildman–Crippen MR) is 224 cm³/mol. The molecule has 10 aromatic rings. The molecule has 0 bridgehead atoms. The summed E-state index contributed by atoms with van der Waals surface area (Å²) in [6.07, 6.45) is 0. The van der Waals surface area contributed by atoms with Gasteiger partial charge in [-0.1, -0.05) is 182 Å².